The van der Waals surface area contributed by atoms with Gasteiger partial charge >= 0.3 is 0 Å². The summed E-state index contributed by atoms with van der Waals surface area (Å²) in [6.45, 7) is 4.50. The minimum absolute atomic E-state index is 0.792. The van der Waals surface area contributed by atoms with Crippen molar-refractivity contribution in [1.29, 1.82) is 0 Å². The lowest BCUT2D eigenvalue weighted by Crippen LogP contribution is -1.94. The van der Waals surface area contributed by atoms with Crippen LogP contribution >= 0.6 is 23.1 Å². The topological polar surface area (TPSA) is 9.23 Å². The summed E-state index contributed by atoms with van der Waals surface area (Å²) >= 11 is 3.76. The molecule has 0 radical (unpaired) electrons. The average molecular weight is 691 g/mol. The molecule has 2 aliphatic rings. The molecule has 0 amide bonds. The van der Waals surface area contributed by atoms with Gasteiger partial charge in [0.1, 0.15) is 11.5 Å². The molecule has 10 rings (SSSR count). The highest BCUT2D eigenvalue weighted by Crippen LogP contribution is 2.44. The Balaban J connectivity index is 1.03. The van der Waals surface area contributed by atoms with Gasteiger partial charge in [-0.25, -0.2) is 0 Å². The Morgan fingerprint density at radius 1 is 0.549 bits per heavy atom. The van der Waals surface area contributed by atoms with Gasteiger partial charge in [-0.1, -0.05) is 127 Å². The van der Waals surface area contributed by atoms with Crippen LogP contribution in [0.5, 0.6) is 5.75 Å². The Hall–Kier alpha value is -5.35. The molecule has 1 nitrogen and oxygen atoms in total. The predicted octanol–water partition coefficient (Wildman–Crippen LogP) is 14.1. The van der Waals surface area contributed by atoms with E-state index in [4.69, 9.17) is 4.74 Å². The maximum absolute atomic E-state index is 6.66. The number of benzene rings is 7. The van der Waals surface area contributed by atoms with Crippen LogP contribution in [0.25, 0.3) is 63.6 Å². The number of hydrogen-bond donors (Lipinski definition) is 0. The van der Waals surface area contributed by atoms with Crippen LogP contribution in [-0.2, 0) is 12.8 Å². The molecule has 0 saturated heterocycles. The molecule has 51 heavy (non-hydrogen) atoms. The van der Waals surface area contributed by atoms with Crippen LogP contribution < -0.4 is 4.74 Å². The predicted molar refractivity (Wildman–Crippen MR) is 222 cm³/mol. The molecule has 0 aliphatic carbocycles. The standard InChI is InChI=1S/C48H34OS2/c1-29(19-23-34-25-33-22-21-31-27-45-42(28-41(31)48(33)49-34)36-12-8-10-18-44(36)51-45)46-37-13-4-6-15-39(37)47(40-16-7-5-14-38(40)46)30(2)20-24-35-26-32-11-3-9-17-43(32)50-35/h3-24,27-28H,25-26H2,1-2H3/b29-19+,30-20+,34-23+,35-24+. The zero-order valence-electron chi connectivity index (χ0n) is 28.5. The molecule has 0 N–H and O–H groups in total. The van der Waals surface area contributed by atoms with Gasteiger partial charge in [0.15, 0.2) is 0 Å². The molecule has 244 valence electrons. The van der Waals surface area contributed by atoms with Gasteiger partial charge in [-0.2, -0.15) is 0 Å². The van der Waals surface area contributed by atoms with Gasteiger partial charge in [-0.05, 0) is 104 Å². The minimum atomic E-state index is 0.792. The van der Waals surface area contributed by atoms with Crippen molar-refractivity contribution in [3.05, 3.63) is 179 Å². The van der Waals surface area contributed by atoms with E-state index in [0.717, 1.165) is 24.4 Å². The Labute approximate surface area is 305 Å². The van der Waals surface area contributed by atoms with Gasteiger partial charge in [-0.3, -0.25) is 0 Å². The van der Waals surface area contributed by atoms with Crippen LogP contribution in [0.3, 0.4) is 0 Å². The van der Waals surface area contributed by atoms with E-state index >= 15 is 0 Å². The van der Waals surface area contributed by atoms with Crippen molar-refractivity contribution in [2.45, 2.75) is 31.6 Å². The lowest BCUT2D eigenvalue weighted by molar-refractivity contribution is 0.451. The first-order valence-electron chi connectivity index (χ1n) is 17.6. The Morgan fingerprint density at radius 3 is 1.88 bits per heavy atom. The third-order valence-corrected chi connectivity index (χ3v) is 12.8. The van der Waals surface area contributed by atoms with Crippen LogP contribution in [0, 0.1) is 0 Å². The normalized spacial score (nSPS) is 16.3. The zero-order chi connectivity index (χ0) is 34.1. The number of ether oxygens (including phenoxy) is 1. The molecule has 0 fully saturated rings. The van der Waals surface area contributed by atoms with E-state index in [1.807, 2.05) is 23.1 Å². The van der Waals surface area contributed by atoms with Gasteiger partial charge < -0.3 is 4.74 Å². The second-order valence-corrected chi connectivity index (χ2v) is 15.9. The van der Waals surface area contributed by atoms with Crippen molar-refractivity contribution < 1.29 is 4.74 Å². The third kappa shape index (κ3) is 5.14. The number of hydrogen-bond acceptors (Lipinski definition) is 3. The maximum atomic E-state index is 6.66. The SMILES string of the molecule is C/C(=C\C=C1/Cc2ccc3cc4sc5ccccc5c4cc3c2O1)c1c2ccccc2c(/C(C)=C/C=C2\Cc3ccccc3S2)c2ccccc12. The first-order chi connectivity index (χ1) is 25.1. The summed E-state index contributed by atoms with van der Waals surface area (Å²) in [6, 6.07) is 44.4. The van der Waals surface area contributed by atoms with Crippen molar-refractivity contribution in [1.82, 2.24) is 0 Å². The van der Waals surface area contributed by atoms with Crippen LogP contribution in [-0.4, -0.2) is 0 Å². The third-order valence-electron chi connectivity index (χ3n) is 10.5. The molecule has 7 aromatic carbocycles. The Kier molecular flexibility index (Phi) is 7.26. The highest BCUT2D eigenvalue weighted by Gasteiger charge is 2.22. The quantitative estimate of drug-likeness (QED) is 0.170. The molecular weight excluding hydrogens is 657 g/mol. The number of allylic oxidation sites excluding steroid dienone is 8. The molecular formula is C48H34OS2. The number of thioether (sulfide) groups is 1. The van der Waals surface area contributed by atoms with E-state index in [0.29, 0.717) is 0 Å². The fraction of sp³-hybridized carbons (Fsp3) is 0.0833. The highest BCUT2D eigenvalue weighted by atomic mass is 32.2. The van der Waals surface area contributed by atoms with Crippen LogP contribution in [0.4, 0.5) is 0 Å². The summed E-state index contributed by atoms with van der Waals surface area (Å²) in [5, 5.41) is 10.2. The molecule has 3 heteroatoms. The van der Waals surface area contributed by atoms with E-state index in [1.165, 1.54) is 95.7 Å². The summed E-state index contributed by atoms with van der Waals surface area (Å²) in [6.07, 6.45) is 10.9. The molecule has 3 heterocycles. The number of rotatable bonds is 4. The Bertz CT molecular complexity index is 2790. The van der Waals surface area contributed by atoms with Crippen LogP contribution in [0.1, 0.15) is 36.1 Å². The van der Waals surface area contributed by atoms with Crippen molar-refractivity contribution >= 4 is 86.7 Å². The van der Waals surface area contributed by atoms with E-state index in [2.05, 4.69) is 159 Å². The Morgan fingerprint density at radius 2 is 1.18 bits per heavy atom. The average Bonchev–Trinajstić information content (AvgIpc) is 3.88. The number of fused-ring (bicyclic) bond motifs is 9. The van der Waals surface area contributed by atoms with E-state index in [1.54, 1.807) is 0 Å². The lowest BCUT2D eigenvalue weighted by Gasteiger charge is -2.18. The molecule has 0 atom stereocenters. The molecule has 0 bridgehead atoms. The van der Waals surface area contributed by atoms with Crippen LogP contribution in [0.2, 0.25) is 0 Å². The number of thiophene rings is 1. The van der Waals surface area contributed by atoms with Crippen molar-refractivity contribution in [2.24, 2.45) is 0 Å². The van der Waals surface area contributed by atoms with Gasteiger partial charge in [0.2, 0.25) is 0 Å². The first kappa shape index (κ1) is 30.5. The van der Waals surface area contributed by atoms with Gasteiger partial charge in [0, 0.05) is 48.9 Å². The molecule has 1 aromatic heterocycles. The fourth-order valence-electron chi connectivity index (χ4n) is 8.06. The largest absolute Gasteiger partial charge is 0.460 e. The molecule has 2 aliphatic heterocycles. The van der Waals surface area contributed by atoms with Gasteiger partial charge in [0.25, 0.3) is 0 Å². The van der Waals surface area contributed by atoms with E-state index in [9.17, 15) is 0 Å². The summed E-state index contributed by atoms with van der Waals surface area (Å²) in [4.78, 5) is 2.77. The second kappa shape index (κ2) is 12.2. The smallest absolute Gasteiger partial charge is 0.138 e. The molecule has 8 aromatic rings. The van der Waals surface area contributed by atoms with Crippen molar-refractivity contribution in [3.8, 4) is 5.75 Å². The van der Waals surface area contributed by atoms with E-state index in [-0.39, 0.29) is 0 Å². The summed E-state index contributed by atoms with van der Waals surface area (Å²) in [5.74, 6) is 1.98. The molecule has 0 saturated carbocycles. The van der Waals surface area contributed by atoms with Gasteiger partial charge in [0.05, 0.1) is 0 Å². The lowest BCUT2D eigenvalue weighted by atomic mass is 9.86. The highest BCUT2D eigenvalue weighted by molar-refractivity contribution is 8.03. The van der Waals surface area contributed by atoms with E-state index < -0.39 is 0 Å². The zero-order valence-corrected chi connectivity index (χ0v) is 30.1. The summed E-state index contributed by atoms with van der Waals surface area (Å²) < 4.78 is 9.31. The maximum Gasteiger partial charge on any atom is 0.138 e. The first-order valence-corrected chi connectivity index (χ1v) is 19.2. The van der Waals surface area contributed by atoms with Crippen molar-refractivity contribution in [2.75, 3.05) is 0 Å². The monoisotopic (exact) mass is 690 g/mol. The van der Waals surface area contributed by atoms with Crippen molar-refractivity contribution in [3.63, 3.8) is 0 Å². The fourth-order valence-corrected chi connectivity index (χ4v) is 10.3. The minimum Gasteiger partial charge on any atom is -0.460 e. The second-order valence-electron chi connectivity index (χ2n) is 13.7. The molecule has 0 unspecified atom stereocenters. The summed E-state index contributed by atoms with van der Waals surface area (Å²) in [5.41, 5.74) is 7.76. The molecule has 0 spiro atoms. The summed E-state index contributed by atoms with van der Waals surface area (Å²) in [7, 11) is 0. The van der Waals surface area contributed by atoms with Gasteiger partial charge in [-0.15, -0.1) is 11.3 Å². The van der Waals surface area contributed by atoms with Crippen LogP contribution in [0.15, 0.2) is 161 Å².